The monoisotopic (exact) mass is 614 g/mol. The summed E-state index contributed by atoms with van der Waals surface area (Å²) in [6.45, 7) is 10.0. The normalized spacial score (nSPS) is 11.8. The van der Waals surface area contributed by atoms with Crippen molar-refractivity contribution in [3.63, 3.8) is 0 Å². The van der Waals surface area contributed by atoms with E-state index in [-0.39, 0.29) is 5.41 Å². The number of rotatable bonds is 8. The number of hydrogen-bond acceptors (Lipinski definition) is 7. The number of hydrogen-bond donors (Lipinski definition) is 2. The predicted molar refractivity (Wildman–Crippen MR) is 178 cm³/mol. The van der Waals surface area contributed by atoms with Crippen LogP contribution in [0.1, 0.15) is 26.3 Å². The van der Waals surface area contributed by atoms with Gasteiger partial charge in [-0.05, 0) is 65.3 Å². The summed E-state index contributed by atoms with van der Waals surface area (Å²) in [4.78, 5) is 9.13. The number of methoxy groups -OCH3 is 1. The van der Waals surface area contributed by atoms with E-state index in [2.05, 4.69) is 41.5 Å². The number of halogens is 1. The molecule has 2 heterocycles. The molecule has 0 radical (unpaired) electrons. The Morgan fingerprint density at radius 2 is 1.65 bits per heavy atom. The molecular weight excluding hydrogens is 579 g/mol. The minimum Gasteiger partial charge on any atom is -0.495 e. The summed E-state index contributed by atoms with van der Waals surface area (Å²) in [5.74, 6) is 1.37. The Morgan fingerprint density at radius 1 is 0.907 bits per heavy atom. The first-order chi connectivity index (χ1) is 20.3. The molecule has 3 aromatic carbocycles. The van der Waals surface area contributed by atoms with Gasteiger partial charge in [0.05, 0.1) is 30.9 Å². The molecule has 0 saturated carbocycles. The molecule has 0 fully saturated rings. The Bertz CT molecular complexity index is 1830. The van der Waals surface area contributed by atoms with E-state index in [4.69, 9.17) is 21.3 Å². The maximum atomic E-state index is 13.4. The van der Waals surface area contributed by atoms with Gasteiger partial charge >= 0.3 is 0 Å². The van der Waals surface area contributed by atoms with E-state index in [1.54, 1.807) is 25.1 Å². The van der Waals surface area contributed by atoms with Gasteiger partial charge in [-0.3, -0.25) is 4.68 Å². The van der Waals surface area contributed by atoms with Crippen molar-refractivity contribution in [3.05, 3.63) is 89.8 Å². The molecule has 0 bridgehead atoms. The second-order valence-corrected chi connectivity index (χ2v) is 15.4. The molecule has 8 nitrogen and oxygen atoms in total. The zero-order valence-corrected chi connectivity index (χ0v) is 27.1. The van der Waals surface area contributed by atoms with Crippen LogP contribution in [0.5, 0.6) is 5.75 Å². The Hall–Kier alpha value is -4.13. The molecule has 222 valence electrons. The summed E-state index contributed by atoms with van der Waals surface area (Å²) in [5, 5.41) is 12.0. The summed E-state index contributed by atoms with van der Waals surface area (Å²) in [5.41, 5.74) is 6.40. The molecule has 0 aliphatic carbocycles. The van der Waals surface area contributed by atoms with E-state index in [1.807, 2.05) is 80.1 Å². The molecule has 0 amide bonds. The molecule has 2 aromatic heterocycles. The summed E-state index contributed by atoms with van der Waals surface area (Å²) < 4.78 is 21.0. The first kappa shape index (κ1) is 30.3. The minimum atomic E-state index is -2.67. The van der Waals surface area contributed by atoms with Crippen molar-refractivity contribution in [1.29, 1.82) is 0 Å². The number of aryl methyl sites for hydroxylation is 1. The minimum absolute atomic E-state index is 0.142. The Morgan fingerprint density at radius 3 is 2.28 bits per heavy atom. The van der Waals surface area contributed by atoms with Gasteiger partial charge in [-0.1, -0.05) is 68.8 Å². The lowest BCUT2D eigenvalue weighted by Crippen LogP contribution is -2.14. The number of nitrogens with zero attached hydrogens (tertiary/aromatic N) is 4. The van der Waals surface area contributed by atoms with Gasteiger partial charge in [0.1, 0.15) is 17.9 Å². The quantitative estimate of drug-likeness (QED) is 0.170. The molecule has 2 N–H and O–H groups in total. The van der Waals surface area contributed by atoms with E-state index < -0.39 is 7.14 Å². The van der Waals surface area contributed by atoms with Crippen LogP contribution in [0, 0.1) is 0 Å². The number of ether oxygens (including phenoxy) is 1. The Labute approximate surface area is 257 Å². The van der Waals surface area contributed by atoms with Crippen LogP contribution in [0.2, 0.25) is 5.02 Å². The smallest absolute Gasteiger partial charge is 0.229 e. The second-order valence-electron chi connectivity index (χ2n) is 11.8. The van der Waals surface area contributed by atoms with E-state index in [1.165, 1.54) is 6.20 Å². The van der Waals surface area contributed by atoms with Gasteiger partial charge in [-0.15, -0.1) is 0 Å². The van der Waals surface area contributed by atoms with E-state index >= 15 is 0 Å². The summed E-state index contributed by atoms with van der Waals surface area (Å²) >= 11 is 6.56. The molecule has 0 atom stereocenters. The maximum absolute atomic E-state index is 13.4. The lowest BCUT2D eigenvalue weighted by atomic mass is 9.82. The summed E-state index contributed by atoms with van der Waals surface area (Å²) in [7, 11) is 0.866. The summed E-state index contributed by atoms with van der Waals surface area (Å²) in [6, 6.07) is 20.0. The lowest BCUT2D eigenvalue weighted by Gasteiger charge is -2.25. The zero-order chi connectivity index (χ0) is 30.9. The SMILES string of the molecule is COc1cc(C(C)(C)C)c(-c2cnn(C)c2)cc1Nc1ncc(Cl)c(Nc2ccc(-c3ccccc3)cc2P(C)(C)=O)n1. The third-order valence-electron chi connectivity index (χ3n) is 7.09. The molecule has 10 heteroatoms. The second kappa shape index (κ2) is 11.9. The molecule has 0 aliphatic heterocycles. The predicted octanol–water partition coefficient (Wildman–Crippen LogP) is 8.24. The number of benzene rings is 3. The van der Waals surface area contributed by atoms with Crippen LogP contribution in [0.25, 0.3) is 22.3 Å². The van der Waals surface area contributed by atoms with Gasteiger partial charge in [-0.25, -0.2) is 4.98 Å². The van der Waals surface area contributed by atoms with Crippen LogP contribution in [0.4, 0.5) is 23.1 Å². The highest BCUT2D eigenvalue weighted by Crippen LogP contribution is 2.42. The molecule has 43 heavy (non-hydrogen) atoms. The van der Waals surface area contributed by atoms with Crippen LogP contribution < -0.4 is 20.7 Å². The summed E-state index contributed by atoms with van der Waals surface area (Å²) in [6.07, 6.45) is 5.37. The van der Waals surface area contributed by atoms with Crippen molar-refractivity contribution in [2.45, 2.75) is 26.2 Å². The first-order valence-corrected chi connectivity index (χ1v) is 16.8. The Kier molecular flexibility index (Phi) is 8.37. The van der Waals surface area contributed by atoms with Gasteiger partial charge in [-0.2, -0.15) is 10.1 Å². The first-order valence-electron chi connectivity index (χ1n) is 13.9. The van der Waals surface area contributed by atoms with Gasteiger partial charge < -0.3 is 19.9 Å². The fourth-order valence-corrected chi connectivity index (χ4v) is 6.22. The average Bonchev–Trinajstić information content (AvgIpc) is 3.40. The third-order valence-corrected chi connectivity index (χ3v) is 8.90. The van der Waals surface area contributed by atoms with E-state index in [0.29, 0.717) is 39.2 Å². The largest absolute Gasteiger partial charge is 0.495 e. The molecule has 0 aliphatic rings. The fourth-order valence-electron chi connectivity index (χ4n) is 4.92. The topological polar surface area (TPSA) is 94.0 Å². The number of nitrogens with one attached hydrogen (secondary N) is 2. The van der Waals surface area contributed by atoms with Gasteiger partial charge in [0.2, 0.25) is 5.95 Å². The van der Waals surface area contributed by atoms with Crippen LogP contribution >= 0.6 is 18.7 Å². The van der Waals surface area contributed by atoms with Crippen molar-refractivity contribution in [2.75, 3.05) is 31.1 Å². The van der Waals surface area contributed by atoms with Gasteiger partial charge in [0, 0.05) is 24.1 Å². The van der Waals surface area contributed by atoms with Crippen molar-refractivity contribution < 1.29 is 9.30 Å². The van der Waals surface area contributed by atoms with Crippen molar-refractivity contribution in [2.24, 2.45) is 7.05 Å². The standard InChI is InChI=1S/C33H36ClN6O2P/c1-33(2,3)25-17-29(42-5)28(16-24(25)23-18-36-40(4)20-23)38-32-35-19-26(34)31(39-32)37-27-14-13-22(15-30(27)43(6,7)41)21-11-9-8-10-12-21/h8-20H,1-7H3,(H2,35,37,38,39). The van der Waals surface area contributed by atoms with Crippen LogP contribution in [-0.4, -0.2) is 40.2 Å². The van der Waals surface area contributed by atoms with E-state index in [0.717, 1.165) is 27.8 Å². The molecule has 0 unspecified atom stereocenters. The highest BCUT2D eigenvalue weighted by Gasteiger charge is 2.24. The van der Waals surface area contributed by atoms with Gasteiger partial charge in [0.15, 0.2) is 5.82 Å². The fraction of sp³-hybridized carbons (Fsp3) is 0.242. The number of anilines is 4. The van der Waals surface area contributed by atoms with Gasteiger partial charge in [0.25, 0.3) is 0 Å². The van der Waals surface area contributed by atoms with Crippen LogP contribution in [0.15, 0.2) is 79.3 Å². The molecular formula is C33H36ClN6O2P. The molecule has 5 aromatic rings. The van der Waals surface area contributed by atoms with E-state index in [9.17, 15) is 4.57 Å². The lowest BCUT2D eigenvalue weighted by molar-refractivity contribution is 0.415. The van der Waals surface area contributed by atoms with Crippen molar-refractivity contribution in [3.8, 4) is 28.0 Å². The van der Waals surface area contributed by atoms with Crippen molar-refractivity contribution in [1.82, 2.24) is 19.7 Å². The van der Waals surface area contributed by atoms with Crippen molar-refractivity contribution >= 4 is 47.2 Å². The van der Waals surface area contributed by atoms with Crippen LogP contribution in [-0.2, 0) is 17.0 Å². The zero-order valence-electron chi connectivity index (χ0n) is 25.4. The molecule has 0 saturated heterocycles. The third kappa shape index (κ3) is 6.76. The highest BCUT2D eigenvalue weighted by atomic mass is 35.5. The van der Waals surface area contributed by atoms with Crippen LogP contribution in [0.3, 0.4) is 0 Å². The molecule has 0 spiro atoms. The molecule has 5 rings (SSSR count). The Balaban J connectivity index is 1.52. The highest BCUT2D eigenvalue weighted by molar-refractivity contribution is 7.70. The maximum Gasteiger partial charge on any atom is 0.229 e. The average molecular weight is 615 g/mol. The number of aromatic nitrogens is 4.